The first-order chi connectivity index (χ1) is 8.99. The second kappa shape index (κ2) is 7.31. The largest absolute Gasteiger partial charge is 0.469 e. The number of hydrogen-bond donors (Lipinski definition) is 0. The molecule has 7 heteroatoms. The van der Waals surface area contributed by atoms with Gasteiger partial charge in [-0.1, -0.05) is 23.2 Å². The van der Waals surface area contributed by atoms with Crippen molar-refractivity contribution in [3.05, 3.63) is 28.0 Å². The first-order valence-electron chi connectivity index (χ1n) is 5.67. The Bertz CT molecular complexity index is 480. The highest BCUT2D eigenvalue weighted by atomic mass is 35.5. The number of carbonyl (C=O) groups is 2. The van der Waals surface area contributed by atoms with E-state index in [1.807, 2.05) is 0 Å². The molecule has 0 aliphatic heterocycles. The van der Waals surface area contributed by atoms with Crippen molar-refractivity contribution in [3.8, 4) is 0 Å². The zero-order chi connectivity index (χ0) is 14.4. The molecule has 0 fully saturated rings. The molecule has 0 unspecified atom stereocenters. The maximum Gasteiger partial charge on any atom is 0.307 e. The van der Waals surface area contributed by atoms with Crippen molar-refractivity contribution in [2.24, 2.45) is 0 Å². The van der Waals surface area contributed by atoms with Crippen LogP contribution < -0.4 is 0 Å². The summed E-state index contributed by atoms with van der Waals surface area (Å²) in [6.45, 7) is 2.47. The van der Waals surface area contributed by atoms with E-state index in [4.69, 9.17) is 23.2 Å². The van der Waals surface area contributed by atoms with Gasteiger partial charge in [-0.05, 0) is 19.1 Å². The zero-order valence-corrected chi connectivity index (χ0v) is 12.2. The van der Waals surface area contributed by atoms with Gasteiger partial charge in [-0.25, -0.2) is 4.98 Å². The van der Waals surface area contributed by atoms with E-state index in [2.05, 4.69) is 9.72 Å². The summed E-state index contributed by atoms with van der Waals surface area (Å²) in [4.78, 5) is 28.7. The van der Waals surface area contributed by atoms with Crippen LogP contribution in [0.15, 0.2) is 12.1 Å². The smallest absolute Gasteiger partial charge is 0.307 e. The molecular weight excluding hydrogens is 291 g/mol. The first kappa shape index (κ1) is 15.7. The Hall–Kier alpha value is -1.33. The van der Waals surface area contributed by atoms with Gasteiger partial charge in [0.15, 0.2) is 0 Å². The van der Waals surface area contributed by atoms with Crippen molar-refractivity contribution in [2.45, 2.75) is 13.3 Å². The third-order valence-corrected chi connectivity index (χ3v) is 3.01. The van der Waals surface area contributed by atoms with Gasteiger partial charge in [0.05, 0.1) is 18.6 Å². The van der Waals surface area contributed by atoms with Crippen LogP contribution in [-0.4, -0.2) is 42.0 Å². The lowest BCUT2D eigenvalue weighted by Crippen LogP contribution is -2.33. The van der Waals surface area contributed by atoms with Gasteiger partial charge in [0.25, 0.3) is 5.91 Å². The Morgan fingerprint density at radius 2 is 2.05 bits per heavy atom. The molecule has 0 radical (unpaired) electrons. The third kappa shape index (κ3) is 4.36. The maximum atomic E-state index is 12.2. The minimum atomic E-state index is -0.378. The molecule has 0 atom stereocenters. The van der Waals surface area contributed by atoms with Gasteiger partial charge in [-0.15, -0.1) is 0 Å². The summed E-state index contributed by atoms with van der Waals surface area (Å²) in [5.74, 6) is -0.740. The molecule has 5 nitrogen and oxygen atoms in total. The van der Waals surface area contributed by atoms with E-state index in [0.717, 1.165) is 0 Å². The van der Waals surface area contributed by atoms with E-state index in [-0.39, 0.29) is 40.7 Å². The summed E-state index contributed by atoms with van der Waals surface area (Å²) in [5.41, 5.74) is 0.0842. The number of hydrogen-bond acceptors (Lipinski definition) is 4. The fraction of sp³-hybridized carbons (Fsp3) is 0.417. The Morgan fingerprint density at radius 3 is 2.63 bits per heavy atom. The van der Waals surface area contributed by atoms with E-state index >= 15 is 0 Å². The standard InChI is InChI=1S/C12H14Cl2N2O3/c1-3-16(7-6-10(17)19-2)12(18)11-8(13)4-5-9(14)15-11/h4-5H,3,6-7H2,1-2H3. The third-order valence-electron chi connectivity index (χ3n) is 2.50. The summed E-state index contributed by atoms with van der Waals surface area (Å²) < 4.78 is 4.53. The maximum absolute atomic E-state index is 12.2. The van der Waals surface area contributed by atoms with E-state index in [0.29, 0.717) is 6.54 Å². The summed E-state index contributed by atoms with van der Waals surface area (Å²) in [5, 5.41) is 0.419. The lowest BCUT2D eigenvalue weighted by molar-refractivity contribution is -0.140. The van der Waals surface area contributed by atoms with Crippen LogP contribution >= 0.6 is 23.2 Å². The lowest BCUT2D eigenvalue weighted by Gasteiger charge is -2.20. The Labute approximate surface area is 121 Å². The molecule has 1 aromatic heterocycles. The Morgan fingerprint density at radius 1 is 1.37 bits per heavy atom. The van der Waals surface area contributed by atoms with E-state index in [1.165, 1.54) is 24.1 Å². The first-order valence-corrected chi connectivity index (χ1v) is 6.43. The molecular formula is C12H14Cl2N2O3. The van der Waals surface area contributed by atoms with Crippen LogP contribution in [0.5, 0.6) is 0 Å². The van der Waals surface area contributed by atoms with Crippen molar-refractivity contribution in [2.75, 3.05) is 20.2 Å². The molecule has 0 spiro atoms. The van der Waals surface area contributed by atoms with Gasteiger partial charge in [0, 0.05) is 13.1 Å². The highest BCUT2D eigenvalue weighted by Gasteiger charge is 2.20. The second-order valence-electron chi connectivity index (χ2n) is 3.68. The number of carbonyl (C=O) groups excluding carboxylic acids is 2. The van der Waals surface area contributed by atoms with Crippen LogP contribution in [0.25, 0.3) is 0 Å². The van der Waals surface area contributed by atoms with Crippen molar-refractivity contribution < 1.29 is 14.3 Å². The number of amides is 1. The Kier molecular flexibility index (Phi) is 6.05. The monoisotopic (exact) mass is 304 g/mol. The van der Waals surface area contributed by atoms with Gasteiger partial charge < -0.3 is 9.64 Å². The summed E-state index contributed by atoms with van der Waals surface area (Å²) in [7, 11) is 1.30. The molecule has 19 heavy (non-hydrogen) atoms. The number of nitrogens with zero attached hydrogens (tertiary/aromatic N) is 2. The highest BCUT2D eigenvalue weighted by molar-refractivity contribution is 6.34. The molecule has 104 valence electrons. The molecule has 1 rings (SSSR count). The van der Waals surface area contributed by atoms with Crippen LogP contribution in [0.4, 0.5) is 0 Å². The minimum absolute atomic E-state index is 0.0842. The van der Waals surface area contributed by atoms with E-state index < -0.39 is 0 Å². The highest BCUT2D eigenvalue weighted by Crippen LogP contribution is 2.18. The van der Waals surface area contributed by atoms with E-state index in [1.54, 1.807) is 6.92 Å². The molecule has 0 saturated heterocycles. The minimum Gasteiger partial charge on any atom is -0.469 e. The van der Waals surface area contributed by atoms with Gasteiger partial charge in [0.2, 0.25) is 0 Å². The normalized spacial score (nSPS) is 10.1. The van der Waals surface area contributed by atoms with Crippen LogP contribution in [0.3, 0.4) is 0 Å². The van der Waals surface area contributed by atoms with Crippen molar-refractivity contribution >= 4 is 35.1 Å². The van der Waals surface area contributed by atoms with Crippen LogP contribution in [-0.2, 0) is 9.53 Å². The quantitative estimate of drug-likeness (QED) is 0.619. The predicted molar refractivity (Wildman–Crippen MR) is 72.5 cm³/mol. The number of rotatable bonds is 5. The molecule has 0 aromatic carbocycles. The average molecular weight is 305 g/mol. The summed E-state index contributed by atoms with van der Waals surface area (Å²) >= 11 is 11.7. The summed E-state index contributed by atoms with van der Waals surface area (Å²) in [6.07, 6.45) is 0.119. The molecule has 1 aromatic rings. The molecule has 0 aliphatic rings. The van der Waals surface area contributed by atoms with Crippen molar-refractivity contribution in [1.82, 2.24) is 9.88 Å². The number of pyridine rings is 1. The number of halogens is 2. The number of methoxy groups -OCH3 is 1. The number of aromatic nitrogens is 1. The topological polar surface area (TPSA) is 59.5 Å². The number of esters is 1. The number of ether oxygens (including phenoxy) is 1. The summed E-state index contributed by atoms with van der Waals surface area (Å²) in [6, 6.07) is 3.02. The van der Waals surface area contributed by atoms with Gasteiger partial charge in [-0.2, -0.15) is 0 Å². The Balaban J connectivity index is 2.83. The van der Waals surface area contributed by atoms with Crippen molar-refractivity contribution in [3.63, 3.8) is 0 Å². The van der Waals surface area contributed by atoms with Crippen LogP contribution in [0, 0.1) is 0 Å². The van der Waals surface area contributed by atoms with Gasteiger partial charge >= 0.3 is 5.97 Å². The van der Waals surface area contributed by atoms with Crippen LogP contribution in [0.2, 0.25) is 10.2 Å². The fourth-order valence-corrected chi connectivity index (χ4v) is 1.78. The second-order valence-corrected chi connectivity index (χ2v) is 4.47. The zero-order valence-electron chi connectivity index (χ0n) is 10.7. The SMILES string of the molecule is CCN(CCC(=O)OC)C(=O)c1nc(Cl)ccc1Cl. The van der Waals surface area contributed by atoms with E-state index in [9.17, 15) is 9.59 Å². The molecule has 1 amide bonds. The molecule has 1 heterocycles. The van der Waals surface area contributed by atoms with Crippen molar-refractivity contribution in [1.29, 1.82) is 0 Å². The molecule has 0 N–H and O–H groups in total. The van der Waals surface area contributed by atoms with Gasteiger partial charge in [0.1, 0.15) is 10.8 Å². The predicted octanol–water partition coefficient (Wildman–Crippen LogP) is 2.41. The van der Waals surface area contributed by atoms with Crippen LogP contribution in [0.1, 0.15) is 23.8 Å². The lowest BCUT2D eigenvalue weighted by atomic mass is 10.3. The molecule has 0 bridgehead atoms. The molecule has 0 aliphatic carbocycles. The average Bonchev–Trinajstić information content (AvgIpc) is 2.41. The molecule has 0 saturated carbocycles. The van der Waals surface area contributed by atoms with Gasteiger partial charge in [-0.3, -0.25) is 9.59 Å². The fourth-order valence-electron chi connectivity index (χ4n) is 1.45.